The second-order valence-electron chi connectivity index (χ2n) is 6.71. The van der Waals surface area contributed by atoms with Gasteiger partial charge >= 0.3 is 0 Å². The minimum atomic E-state index is -1.35. The molecule has 0 bridgehead atoms. The summed E-state index contributed by atoms with van der Waals surface area (Å²) < 4.78 is 6.31. The normalized spacial score (nSPS) is 13.7. The standard InChI is InChI=1S/C9H26OSi3.CH4/c1-11(2,3)9-13(7,8)10-12(4,5)6;/h9H2,1-8H3;1H4. The van der Waals surface area contributed by atoms with Crippen LogP contribution in [0.25, 0.3) is 0 Å². The maximum absolute atomic E-state index is 6.31. The largest absolute Gasteiger partial charge is 0.456 e. The number of rotatable bonds is 4. The first-order valence-corrected chi connectivity index (χ1v) is 15.3. The molecule has 0 aromatic carbocycles. The molecule has 0 atom stereocenters. The first-order valence-electron chi connectivity index (χ1n) is 5.12. The molecule has 0 saturated heterocycles. The Balaban J connectivity index is 0. The molecule has 0 heterocycles. The highest BCUT2D eigenvalue weighted by molar-refractivity contribution is 6.95. The average molecular weight is 251 g/mol. The van der Waals surface area contributed by atoms with E-state index in [1.54, 1.807) is 0 Å². The quantitative estimate of drug-likeness (QED) is 0.665. The summed E-state index contributed by atoms with van der Waals surface area (Å²) in [6, 6.07) is 0. The molecule has 0 radical (unpaired) electrons. The Kier molecular flexibility index (Phi) is 6.19. The van der Waals surface area contributed by atoms with Crippen LogP contribution < -0.4 is 0 Å². The van der Waals surface area contributed by atoms with Crippen LogP contribution in [0.15, 0.2) is 0 Å². The van der Waals surface area contributed by atoms with E-state index in [0.29, 0.717) is 0 Å². The van der Waals surface area contributed by atoms with Crippen LogP contribution in [0.2, 0.25) is 58.0 Å². The maximum atomic E-state index is 6.31. The lowest BCUT2D eigenvalue weighted by Crippen LogP contribution is -2.46. The van der Waals surface area contributed by atoms with Crippen molar-refractivity contribution in [2.75, 3.05) is 0 Å². The van der Waals surface area contributed by atoms with Crippen LogP contribution in [-0.2, 0) is 4.12 Å². The monoisotopic (exact) mass is 250 g/mol. The van der Waals surface area contributed by atoms with E-state index in [9.17, 15) is 0 Å². The second-order valence-corrected chi connectivity index (χ2v) is 21.8. The van der Waals surface area contributed by atoms with Gasteiger partial charge in [0.25, 0.3) is 0 Å². The van der Waals surface area contributed by atoms with Gasteiger partial charge in [-0.3, -0.25) is 0 Å². The van der Waals surface area contributed by atoms with Crippen LogP contribution in [0.4, 0.5) is 0 Å². The molecule has 0 aliphatic rings. The Morgan fingerprint density at radius 3 is 1.36 bits per heavy atom. The molecule has 0 unspecified atom stereocenters. The van der Waals surface area contributed by atoms with Crippen molar-refractivity contribution in [3.63, 3.8) is 0 Å². The molecule has 0 aromatic rings. The third-order valence-corrected chi connectivity index (χ3v) is 13.8. The van der Waals surface area contributed by atoms with Gasteiger partial charge in [0.05, 0.1) is 0 Å². The van der Waals surface area contributed by atoms with E-state index >= 15 is 0 Å². The third-order valence-electron chi connectivity index (χ3n) is 1.54. The van der Waals surface area contributed by atoms with Crippen molar-refractivity contribution >= 4 is 24.7 Å². The lowest BCUT2D eigenvalue weighted by Gasteiger charge is -2.35. The predicted molar refractivity (Wildman–Crippen MR) is 76.8 cm³/mol. The highest BCUT2D eigenvalue weighted by atomic mass is 28.4. The van der Waals surface area contributed by atoms with Gasteiger partial charge in [-0.25, -0.2) is 0 Å². The van der Waals surface area contributed by atoms with Crippen LogP contribution in [-0.4, -0.2) is 24.7 Å². The van der Waals surface area contributed by atoms with E-state index in [4.69, 9.17) is 4.12 Å². The van der Waals surface area contributed by atoms with E-state index in [1.165, 1.54) is 5.67 Å². The molecule has 0 rings (SSSR count). The molecule has 1 nitrogen and oxygen atoms in total. The van der Waals surface area contributed by atoms with Gasteiger partial charge in [-0.1, -0.05) is 27.1 Å². The summed E-state index contributed by atoms with van der Waals surface area (Å²) in [4.78, 5) is 0. The predicted octanol–water partition coefficient (Wildman–Crippen LogP) is 4.56. The molecule has 4 heteroatoms. The second kappa shape index (κ2) is 5.10. The zero-order valence-corrected chi connectivity index (χ0v) is 13.6. The van der Waals surface area contributed by atoms with Crippen molar-refractivity contribution in [1.82, 2.24) is 0 Å². The van der Waals surface area contributed by atoms with Crippen LogP contribution in [0.5, 0.6) is 0 Å². The van der Waals surface area contributed by atoms with Gasteiger partial charge in [0, 0.05) is 8.07 Å². The Labute approximate surface area is 94.5 Å². The Morgan fingerprint density at radius 2 is 1.14 bits per heavy atom. The summed E-state index contributed by atoms with van der Waals surface area (Å²) in [6.45, 7) is 19.0. The fourth-order valence-electron chi connectivity index (χ4n) is 2.14. The van der Waals surface area contributed by atoms with Gasteiger partial charge in [0.2, 0.25) is 0 Å². The summed E-state index contributed by atoms with van der Waals surface area (Å²) in [5.41, 5.74) is 1.39. The zero-order valence-electron chi connectivity index (χ0n) is 10.6. The van der Waals surface area contributed by atoms with Crippen molar-refractivity contribution < 1.29 is 4.12 Å². The highest BCUT2D eigenvalue weighted by Gasteiger charge is 2.34. The number of hydrogen-bond acceptors (Lipinski definition) is 1. The van der Waals surface area contributed by atoms with Gasteiger partial charge in [-0.2, -0.15) is 0 Å². The van der Waals surface area contributed by atoms with E-state index in [1.807, 2.05) is 0 Å². The van der Waals surface area contributed by atoms with Crippen LogP contribution in [0, 0.1) is 0 Å². The van der Waals surface area contributed by atoms with E-state index in [-0.39, 0.29) is 7.43 Å². The summed E-state index contributed by atoms with van der Waals surface area (Å²) in [7, 11) is -3.59. The highest BCUT2D eigenvalue weighted by Crippen LogP contribution is 2.23. The lowest BCUT2D eigenvalue weighted by atomic mass is 11.7. The third kappa shape index (κ3) is 10.7. The van der Waals surface area contributed by atoms with Gasteiger partial charge in [-0.15, -0.1) is 0 Å². The Bertz CT molecular complexity index is 147. The molecule has 0 amide bonds. The smallest absolute Gasteiger partial charge is 0.170 e. The molecule has 0 N–H and O–H groups in total. The molecule has 0 aliphatic heterocycles. The van der Waals surface area contributed by atoms with E-state index in [2.05, 4.69) is 52.4 Å². The molecule has 0 spiro atoms. The molecule has 0 aromatic heterocycles. The van der Waals surface area contributed by atoms with Crippen LogP contribution >= 0.6 is 0 Å². The lowest BCUT2D eigenvalue weighted by molar-refractivity contribution is 0.555. The summed E-state index contributed by atoms with van der Waals surface area (Å²) in [6.07, 6.45) is 0. The first kappa shape index (κ1) is 17.0. The van der Waals surface area contributed by atoms with Gasteiger partial charge in [-0.05, 0) is 38.4 Å². The minimum absolute atomic E-state index is 0. The zero-order chi connectivity index (χ0) is 10.9. The summed E-state index contributed by atoms with van der Waals surface area (Å²) in [5.74, 6) is 0. The van der Waals surface area contributed by atoms with Crippen molar-refractivity contribution in [2.24, 2.45) is 0 Å². The first-order chi connectivity index (χ1) is 5.41. The van der Waals surface area contributed by atoms with Crippen LogP contribution in [0.3, 0.4) is 0 Å². The minimum Gasteiger partial charge on any atom is -0.456 e. The molecular formula is C10H30OSi3. The summed E-state index contributed by atoms with van der Waals surface area (Å²) in [5, 5.41) is 0. The fraction of sp³-hybridized carbons (Fsp3) is 1.00. The Hall–Kier alpha value is 0.611. The SMILES string of the molecule is C.C[Si](C)(C)C[Si](C)(C)O[Si](C)(C)C. The summed E-state index contributed by atoms with van der Waals surface area (Å²) >= 11 is 0. The van der Waals surface area contributed by atoms with E-state index in [0.717, 1.165) is 0 Å². The van der Waals surface area contributed by atoms with E-state index < -0.39 is 24.7 Å². The molecule has 88 valence electrons. The van der Waals surface area contributed by atoms with Gasteiger partial charge in [0.15, 0.2) is 16.6 Å². The average Bonchev–Trinajstić information content (AvgIpc) is 1.43. The molecular weight excluding hydrogens is 220 g/mol. The molecule has 0 aliphatic carbocycles. The molecule has 0 saturated carbocycles. The van der Waals surface area contributed by atoms with Crippen molar-refractivity contribution in [3.05, 3.63) is 0 Å². The molecule has 0 fully saturated rings. The van der Waals surface area contributed by atoms with Crippen molar-refractivity contribution in [1.29, 1.82) is 0 Å². The maximum Gasteiger partial charge on any atom is 0.170 e. The van der Waals surface area contributed by atoms with Gasteiger partial charge in [0.1, 0.15) is 0 Å². The van der Waals surface area contributed by atoms with Crippen molar-refractivity contribution in [2.45, 2.75) is 65.5 Å². The van der Waals surface area contributed by atoms with Crippen LogP contribution in [0.1, 0.15) is 7.43 Å². The number of hydrogen-bond donors (Lipinski definition) is 0. The Morgan fingerprint density at radius 1 is 0.786 bits per heavy atom. The topological polar surface area (TPSA) is 9.23 Å². The molecule has 14 heavy (non-hydrogen) atoms. The van der Waals surface area contributed by atoms with Crippen molar-refractivity contribution in [3.8, 4) is 0 Å². The fourth-order valence-corrected chi connectivity index (χ4v) is 19.9. The van der Waals surface area contributed by atoms with Gasteiger partial charge < -0.3 is 4.12 Å².